The van der Waals surface area contributed by atoms with Gasteiger partial charge in [0.15, 0.2) is 0 Å². The Morgan fingerprint density at radius 1 is 1.24 bits per heavy atom. The third-order valence-corrected chi connectivity index (χ3v) is 4.61. The van der Waals surface area contributed by atoms with E-state index in [9.17, 15) is 14.0 Å². The highest BCUT2D eigenvalue weighted by Crippen LogP contribution is 2.53. The van der Waals surface area contributed by atoms with Gasteiger partial charge in [0.05, 0.1) is 17.5 Å². The first-order valence-corrected chi connectivity index (χ1v) is 6.91. The Bertz CT molecular complexity index is 591. The van der Waals surface area contributed by atoms with Crippen LogP contribution in [0.5, 0.6) is 0 Å². The van der Waals surface area contributed by atoms with E-state index in [2.05, 4.69) is 10.6 Å². The Morgan fingerprint density at radius 2 is 1.95 bits per heavy atom. The molecular weight excluding hydrogens is 273 g/mol. The lowest BCUT2D eigenvalue weighted by molar-refractivity contribution is -0.127. The van der Waals surface area contributed by atoms with Crippen molar-refractivity contribution >= 4 is 11.9 Å². The molecule has 0 aromatic heterocycles. The third-order valence-electron chi connectivity index (χ3n) is 4.61. The molecule has 5 nitrogen and oxygen atoms in total. The highest BCUT2D eigenvalue weighted by atomic mass is 19.1. The molecule has 0 atom stereocenters. The second-order valence-corrected chi connectivity index (χ2v) is 6.25. The number of urea groups is 1. The summed E-state index contributed by atoms with van der Waals surface area (Å²) in [6.45, 7) is 0. The van der Waals surface area contributed by atoms with Crippen molar-refractivity contribution in [2.45, 2.75) is 30.3 Å². The number of hydrogen-bond donors (Lipinski definition) is 2. The van der Waals surface area contributed by atoms with Gasteiger partial charge in [-0.25, -0.2) is 9.18 Å². The summed E-state index contributed by atoms with van der Waals surface area (Å²) in [5.41, 5.74) is 0.00146. The van der Waals surface area contributed by atoms with E-state index < -0.39 is 11.6 Å². The lowest BCUT2D eigenvalue weighted by Crippen LogP contribution is -2.72. The Balaban J connectivity index is 1.90. The molecule has 1 aliphatic heterocycles. The third kappa shape index (κ3) is 2.19. The van der Waals surface area contributed by atoms with Crippen LogP contribution in [0.3, 0.4) is 0 Å². The molecule has 1 heterocycles. The van der Waals surface area contributed by atoms with Crippen LogP contribution in [0.2, 0.25) is 0 Å². The molecule has 0 radical (unpaired) electrons. The average Bonchev–Trinajstić information content (AvgIpc) is 2.33. The van der Waals surface area contributed by atoms with Crippen molar-refractivity contribution in [1.82, 2.24) is 15.5 Å². The minimum Gasteiger partial charge on any atom is -0.332 e. The molecule has 3 amide bonds. The zero-order valence-electron chi connectivity index (χ0n) is 12.1. The van der Waals surface area contributed by atoms with E-state index in [1.165, 1.54) is 12.1 Å². The molecule has 1 spiro atoms. The fourth-order valence-corrected chi connectivity index (χ4v) is 3.63. The predicted octanol–water partition coefficient (Wildman–Crippen LogP) is 1.34. The lowest BCUT2D eigenvalue weighted by Gasteiger charge is -2.60. The van der Waals surface area contributed by atoms with Crippen molar-refractivity contribution < 1.29 is 14.0 Å². The number of benzene rings is 1. The standard InChI is InChI=1S/C15H18FN3O2/c1-19(2)15(10-4-3-5-11(16)6-10)8-14(9-15)7-12(20)17-13(21)18-14/h3-6H,7-9H2,1-2H3,(H2,17,18,20,21)/t14-,15+. The molecule has 3 rings (SSSR count). The van der Waals surface area contributed by atoms with Gasteiger partial charge in [-0.1, -0.05) is 12.1 Å². The molecule has 6 heteroatoms. The number of carbonyl (C=O) groups excluding carboxylic acids is 2. The van der Waals surface area contributed by atoms with Gasteiger partial charge in [0.2, 0.25) is 5.91 Å². The molecule has 2 aliphatic rings. The van der Waals surface area contributed by atoms with Gasteiger partial charge in [0, 0.05) is 0 Å². The topological polar surface area (TPSA) is 61.4 Å². The summed E-state index contributed by atoms with van der Waals surface area (Å²) < 4.78 is 13.5. The number of nitrogens with zero attached hydrogens (tertiary/aromatic N) is 1. The molecule has 1 aliphatic carbocycles. The monoisotopic (exact) mass is 291 g/mol. The smallest absolute Gasteiger partial charge is 0.321 e. The maximum Gasteiger partial charge on any atom is 0.321 e. The van der Waals surface area contributed by atoms with E-state index in [-0.39, 0.29) is 23.7 Å². The highest BCUT2D eigenvalue weighted by Gasteiger charge is 2.59. The van der Waals surface area contributed by atoms with Gasteiger partial charge in [-0.2, -0.15) is 0 Å². The van der Waals surface area contributed by atoms with Crippen LogP contribution in [-0.4, -0.2) is 36.5 Å². The lowest BCUT2D eigenvalue weighted by atomic mass is 9.57. The van der Waals surface area contributed by atoms with Crippen molar-refractivity contribution in [3.8, 4) is 0 Å². The maximum absolute atomic E-state index is 13.5. The fraction of sp³-hybridized carbons (Fsp3) is 0.467. The van der Waals surface area contributed by atoms with Crippen LogP contribution in [0.4, 0.5) is 9.18 Å². The number of hydrogen-bond acceptors (Lipinski definition) is 3. The Labute approximate surface area is 122 Å². The number of amides is 3. The van der Waals surface area contributed by atoms with Crippen LogP contribution in [-0.2, 0) is 10.3 Å². The summed E-state index contributed by atoms with van der Waals surface area (Å²) in [5.74, 6) is -0.537. The number of nitrogens with one attached hydrogen (secondary N) is 2. The number of halogens is 1. The molecular formula is C15H18FN3O2. The first-order chi connectivity index (χ1) is 9.85. The number of imide groups is 1. The van der Waals surface area contributed by atoms with Crippen molar-refractivity contribution in [1.29, 1.82) is 0 Å². The molecule has 21 heavy (non-hydrogen) atoms. The molecule has 1 saturated carbocycles. The van der Waals surface area contributed by atoms with Crippen LogP contribution in [0, 0.1) is 5.82 Å². The van der Waals surface area contributed by atoms with Crippen molar-refractivity contribution in [3.05, 3.63) is 35.6 Å². The maximum atomic E-state index is 13.5. The van der Waals surface area contributed by atoms with Crippen LogP contribution in [0.15, 0.2) is 24.3 Å². The fourth-order valence-electron chi connectivity index (χ4n) is 3.63. The molecule has 2 fully saturated rings. The summed E-state index contributed by atoms with van der Waals surface area (Å²) >= 11 is 0. The zero-order chi connectivity index (χ0) is 15.3. The van der Waals surface area contributed by atoms with Crippen LogP contribution in [0.25, 0.3) is 0 Å². The van der Waals surface area contributed by atoms with Crippen LogP contribution < -0.4 is 10.6 Å². The van der Waals surface area contributed by atoms with E-state index in [0.717, 1.165) is 5.56 Å². The van der Waals surface area contributed by atoms with Gasteiger partial charge >= 0.3 is 6.03 Å². The summed E-state index contributed by atoms with van der Waals surface area (Å²) in [6.07, 6.45) is 1.45. The SMILES string of the molecule is CN(C)[C@]1(c2cccc(F)c2)C[C@@]2(CC(=O)NC(=O)N2)C1. The number of rotatable bonds is 2. The minimum atomic E-state index is -0.518. The summed E-state index contributed by atoms with van der Waals surface area (Å²) in [6, 6.07) is 6.07. The molecule has 2 N–H and O–H groups in total. The van der Waals surface area contributed by atoms with Crippen LogP contribution >= 0.6 is 0 Å². The van der Waals surface area contributed by atoms with E-state index in [1.807, 2.05) is 25.1 Å². The largest absolute Gasteiger partial charge is 0.332 e. The second-order valence-electron chi connectivity index (χ2n) is 6.25. The molecule has 0 unspecified atom stereocenters. The summed E-state index contributed by atoms with van der Waals surface area (Å²) in [5, 5.41) is 5.11. The van der Waals surface area contributed by atoms with Crippen molar-refractivity contribution in [2.75, 3.05) is 14.1 Å². The molecule has 0 bridgehead atoms. The van der Waals surface area contributed by atoms with Crippen molar-refractivity contribution in [3.63, 3.8) is 0 Å². The van der Waals surface area contributed by atoms with Gasteiger partial charge in [0.1, 0.15) is 5.82 Å². The van der Waals surface area contributed by atoms with Gasteiger partial charge in [0.25, 0.3) is 0 Å². The van der Waals surface area contributed by atoms with Gasteiger partial charge < -0.3 is 5.32 Å². The predicted molar refractivity (Wildman–Crippen MR) is 75.0 cm³/mol. The summed E-state index contributed by atoms with van der Waals surface area (Å²) in [4.78, 5) is 25.2. The highest BCUT2D eigenvalue weighted by molar-refractivity contribution is 5.98. The quantitative estimate of drug-likeness (QED) is 0.864. The minimum absolute atomic E-state index is 0.259. The normalized spacial score (nSPS) is 31.8. The Morgan fingerprint density at radius 3 is 2.52 bits per heavy atom. The first kappa shape index (κ1) is 14.0. The van der Waals surface area contributed by atoms with E-state index in [1.54, 1.807) is 6.07 Å². The molecule has 1 saturated heterocycles. The van der Waals surface area contributed by atoms with Crippen molar-refractivity contribution in [2.24, 2.45) is 0 Å². The molecule has 112 valence electrons. The number of carbonyl (C=O) groups is 2. The van der Waals surface area contributed by atoms with E-state index >= 15 is 0 Å². The molecule has 1 aromatic carbocycles. The van der Waals surface area contributed by atoms with Gasteiger partial charge in [-0.15, -0.1) is 0 Å². The Kier molecular flexibility index (Phi) is 3.02. The summed E-state index contributed by atoms with van der Waals surface area (Å²) in [7, 11) is 3.87. The first-order valence-electron chi connectivity index (χ1n) is 6.91. The zero-order valence-corrected chi connectivity index (χ0v) is 12.1. The van der Waals surface area contributed by atoms with Crippen LogP contribution in [0.1, 0.15) is 24.8 Å². The van der Waals surface area contributed by atoms with E-state index in [4.69, 9.17) is 0 Å². The van der Waals surface area contributed by atoms with E-state index in [0.29, 0.717) is 12.8 Å². The Hall–Kier alpha value is -1.95. The molecule has 1 aromatic rings. The van der Waals surface area contributed by atoms with Gasteiger partial charge in [-0.05, 0) is 44.6 Å². The van der Waals surface area contributed by atoms with Gasteiger partial charge in [-0.3, -0.25) is 15.0 Å². The average molecular weight is 291 g/mol. The second kappa shape index (κ2) is 4.53.